The lowest BCUT2D eigenvalue weighted by Crippen LogP contribution is -2.46. The van der Waals surface area contributed by atoms with E-state index in [1.807, 2.05) is 11.3 Å². The fourth-order valence-corrected chi connectivity index (χ4v) is 7.02. The Kier molecular flexibility index (Phi) is 6.13. The monoisotopic (exact) mass is 451 g/mol. The van der Waals surface area contributed by atoms with Gasteiger partial charge in [-0.05, 0) is 66.5 Å². The maximum atomic E-state index is 5.10. The molecule has 2 fully saturated rings. The average Bonchev–Trinajstić information content (AvgIpc) is 3.28. The molecule has 1 N–H and O–H groups in total. The molecule has 0 unspecified atom stereocenters. The minimum Gasteiger partial charge on any atom is -0.348 e. The van der Waals surface area contributed by atoms with E-state index in [2.05, 4.69) is 61.5 Å². The molecule has 1 saturated heterocycles. The van der Waals surface area contributed by atoms with Gasteiger partial charge in [0.2, 0.25) is 0 Å². The maximum Gasteiger partial charge on any atom is 0.185 e. The van der Waals surface area contributed by atoms with Crippen LogP contribution in [0.4, 0.5) is 5.13 Å². The predicted octanol–water partition coefficient (Wildman–Crippen LogP) is 7.05. The van der Waals surface area contributed by atoms with Gasteiger partial charge in [-0.3, -0.25) is 0 Å². The Balaban J connectivity index is 1.27. The lowest BCUT2D eigenvalue weighted by Gasteiger charge is -2.42. The van der Waals surface area contributed by atoms with Crippen molar-refractivity contribution in [2.75, 3.05) is 18.0 Å². The first-order valence-electron chi connectivity index (χ1n) is 12.9. The summed E-state index contributed by atoms with van der Waals surface area (Å²) in [4.78, 5) is 7.61. The lowest BCUT2D eigenvalue weighted by atomic mass is 9.63. The first kappa shape index (κ1) is 22.4. The van der Waals surface area contributed by atoms with E-state index in [0.717, 1.165) is 24.8 Å². The second-order valence-corrected chi connectivity index (χ2v) is 12.6. The van der Waals surface area contributed by atoms with E-state index in [1.165, 1.54) is 79.6 Å². The number of anilines is 1. The Morgan fingerprint density at radius 2 is 1.53 bits per heavy atom. The van der Waals surface area contributed by atoms with Gasteiger partial charge in [-0.15, -0.1) is 11.3 Å². The highest BCUT2D eigenvalue weighted by atomic mass is 32.1. The van der Waals surface area contributed by atoms with Crippen LogP contribution < -0.4 is 10.2 Å². The van der Waals surface area contributed by atoms with Crippen molar-refractivity contribution in [1.82, 2.24) is 10.3 Å². The highest BCUT2D eigenvalue weighted by molar-refractivity contribution is 7.14. The first-order valence-corrected chi connectivity index (χ1v) is 13.8. The molecular weight excluding hydrogens is 410 g/mol. The summed E-state index contributed by atoms with van der Waals surface area (Å²) < 4.78 is 0. The predicted molar refractivity (Wildman–Crippen MR) is 138 cm³/mol. The van der Waals surface area contributed by atoms with Crippen molar-refractivity contribution < 1.29 is 0 Å². The molecule has 3 nitrogen and oxygen atoms in total. The zero-order valence-electron chi connectivity index (χ0n) is 20.5. The molecule has 0 atom stereocenters. The lowest BCUT2D eigenvalue weighted by molar-refractivity contribution is 0.307. The summed E-state index contributed by atoms with van der Waals surface area (Å²) >= 11 is 1.82. The molecular formula is C28H41N3S. The molecule has 0 amide bonds. The standard InChI is InChI=1S/C28H41N3S/c1-27(2)14-15-28(3,4)24-18-20(10-11-23(24)27)25-19-32-26(30-25)31-16-12-22(13-17-31)29-21-8-6-5-7-9-21/h10-11,18-19,21-22,29H,5-9,12-17H2,1-4H3. The van der Waals surface area contributed by atoms with Crippen LogP contribution in [0.15, 0.2) is 23.6 Å². The van der Waals surface area contributed by atoms with Gasteiger partial charge < -0.3 is 10.2 Å². The van der Waals surface area contributed by atoms with Crippen LogP contribution in [0.2, 0.25) is 0 Å². The zero-order valence-corrected chi connectivity index (χ0v) is 21.4. The van der Waals surface area contributed by atoms with Crippen LogP contribution in [-0.2, 0) is 10.8 Å². The molecule has 1 aromatic carbocycles. The number of rotatable bonds is 4. The molecule has 32 heavy (non-hydrogen) atoms. The normalized spacial score (nSPS) is 23.8. The fourth-order valence-electron chi connectivity index (χ4n) is 6.13. The van der Waals surface area contributed by atoms with Crippen molar-refractivity contribution in [2.45, 2.75) is 108 Å². The Morgan fingerprint density at radius 1 is 0.875 bits per heavy atom. The Labute approximate surface area is 199 Å². The zero-order chi connectivity index (χ0) is 22.3. The van der Waals surface area contributed by atoms with E-state index in [1.54, 1.807) is 0 Å². The summed E-state index contributed by atoms with van der Waals surface area (Å²) in [7, 11) is 0. The van der Waals surface area contributed by atoms with Crippen LogP contribution in [0, 0.1) is 0 Å². The number of nitrogens with one attached hydrogen (secondary N) is 1. The van der Waals surface area contributed by atoms with Crippen molar-refractivity contribution >= 4 is 16.5 Å². The van der Waals surface area contributed by atoms with Gasteiger partial charge in [0.25, 0.3) is 0 Å². The number of nitrogens with zero attached hydrogens (tertiary/aromatic N) is 2. The molecule has 0 spiro atoms. The Hall–Kier alpha value is -1.39. The molecule has 1 aromatic heterocycles. The number of hydrogen-bond donors (Lipinski definition) is 1. The SMILES string of the molecule is CC1(C)CCC(C)(C)c2cc(-c3csc(N4CCC(NC5CCCCC5)CC4)n3)ccc21. The van der Waals surface area contributed by atoms with E-state index in [9.17, 15) is 0 Å². The number of benzene rings is 1. The van der Waals surface area contributed by atoms with Gasteiger partial charge in [0, 0.05) is 36.1 Å². The summed E-state index contributed by atoms with van der Waals surface area (Å²) in [5.74, 6) is 0. The molecule has 5 rings (SSSR count). The molecule has 2 aromatic rings. The first-order chi connectivity index (χ1) is 15.3. The molecule has 3 aliphatic rings. The minimum absolute atomic E-state index is 0.243. The molecule has 2 aliphatic carbocycles. The molecule has 0 bridgehead atoms. The summed E-state index contributed by atoms with van der Waals surface area (Å²) in [6, 6.07) is 8.59. The quantitative estimate of drug-likeness (QED) is 0.540. The second-order valence-electron chi connectivity index (χ2n) is 11.8. The van der Waals surface area contributed by atoms with Crippen LogP contribution in [0.1, 0.15) is 96.6 Å². The largest absolute Gasteiger partial charge is 0.348 e. The summed E-state index contributed by atoms with van der Waals surface area (Å²) in [6.07, 6.45) is 12.0. The Morgan fingerprint density at radius 3 is 2.25 bits per heavy atom. The number of fused-ring (bicyclic) bond motifs is 1. The summed E-state index contributed by atoms with van der Waals surface area (Å²) in [5.41, 5.74) is 6.00. The van der Waals surface area contributed by atoms with Gasteiger partial charge in [0.15, 0.2) is 5.13 Å². The van der Waals surface area contributed by atoms with Gasteiger partial charge in [0.1, 0.15) is 0 Å². The topological polar surface area (TPSA) is 28.2 Å². The van der Waals surface area contributed by atoms with E-state index in [-0.39, 0.29) is 10.8 Å². The van der Waals surface area contributed by atoms with Crippen LogP contribution >= 0.6 is 11.3 Å². The van der Waals surface area contributed by atoms with Crippen LogP contribution in [-0.4, -0.2) is 30.2 Å². The van der Waals surface area contributed by atoms with Crippen molar-refractivity contribution in [2.24, 2.45) is 0 Å². The third-order valence-electron chi connectivity index (χ3n) is 8.48. The van der Waals surface area contributed by atoms with Gasteiger partial charge in [-0.25, -0.2) is 4.98 Å². The number of piperidine rings is 1. The molecule has 1 aliphatic heterocycles. The number of hydrogen-bond acceptors (Lipinski definition) is 4. The van der Waals surface area contributed by atoms with E-state index < -0.39 is 0 Å². The van der Waals surface area contributed by atoms with Gasteiger partial charge in [-0.1, -0.05) is 59.1 Å². The van der Waals surface area contributed by atoms with Gasteiger partial charge in [-0.2, -0.15) is 0 Å². The van der Waals surface area contributed by atoms with Crippen LogP contribution in [0.3, 0.4) is 0 Å². The van der Waals surface area contributed by atoms with E-state index in [0.29, 0.717) is 6.04 Å². The third kappa shape index (κ3) is 4.50. The van der Waals surface area contributed by atoms with Gasteiger partial charge >= 0.3 is 0 Å². The summed E-state index contributed by atoms with van der Waals surface area (Å²) in [5, 5.41) is 7.43. The van der Waals surface area contributed by atoms with E-state index in [4.69, 9.17) is 4.98 Å². The maximum absolute atomic E-state index is 5.10. The third-order valence-corrected chi connectivity index (χ3v) is 9.38. The van der Waals surface area contributed by atoms with Crippen molar-refractivity contribution in [3.8, 4) is 11.3 Å². The van der Waals surface area contributed by atoms with Gasteiger partial charge in [0.05, 0.1) is 5.69 Å². The Bertz CT molecular complexity index is 930. The number of thiazole rings is 1. The highest BCUT2D eigenvalue weighted by Gasteiger charge is 2.37. The van der Waals surface area contributed by atoms with Crippen molar-refractivity contribution in [3.63, 3.8) is 0 Å². The summed E-state index contributed by atoms with van der Waals surface area (Å²) in [6.45, 7) is 11.9. The highest BCUT2D eigenvalue weighted by Crippen LogP contribution is 2.47. The molecule has 4 heteroatoms. The van der Waals surface area contributed by atoms with Crippen LogP contribution in [0.5, 0.6) is 0 Å². The van der Waals surface area contributed by atoms with Crippen LogP contribution in [0.25, 0.3) is 11.3 Å². The van der Waals surface area contributed by atoms with Crippen molar-refractivity contribution in [1.29, 1.82) is 0 Å². The second kappa shape index (κ2) is 8.76. The minimum atomic E-state index is 0.243. The molecule has 0 radical (unpaired) electrons. The number of aromatic nitrogens is 1. The average molecular weight is 452 g/mol. The molecule has 2 heterocycles. The van der Waals surface area contributed by atoms with E-state index >= 15 is 0 Å². The molecule has 1 saturated carbocycles. The molecule has 174 valence electrons. The smallest absolute Gasteiger partial charge is 0.185 e. The van der Waals surface area contributed by atoms with Crippen molar-refractivity contribution in [3.05, 3.63) is 34.7 Å². The fraction of sp³-hybridized carbons (Fsp3) is 0.679.